The van der Waals surface area contributed by atoms with Gasteiger partial charge in [0.1, 0.15) is 0 Å². The molecule has 122 valence electrons. The molecule has 0 saturated carbocycles. The minimum Gasteiger partial charge on any atom is -0.383 e. The van der Waals surface area contributed by atoms with Crippen LogP contribution in [0, 0.1) is 5.92 Å². The van der Waals surface area contributed by atoms with Gasteiger partial charge in [0.05, 0.1) is 19.1 Å². The van der Waals surface area contributed by atoms with Crippen molar-refractivity contribution in [3.05, 3.63) is 0 Å². The molecule has 0 aliphatic carbocycles. The van der Waals surface area contributed by atoms with Crippen LogP contribution in [0.15, 0.2) is 0 Å². The third kappa shape index (κ3) is 6.91. The molecule has 21 heavy (non-hydrogen) atoms. The van der Waals surface area contributed by atoms with E-state index in [1.807, 2.05) is 0 Å². The highest BCUT2D eigenvalue weighted by Gasteiger charge is 2.27. The Hall–Kier alpha value is -1.14. The number of nitrogens with zero attached hydrogens (tertiary/aromatic N) is 1. The summed E-state index contributed by atoms with van der Waals surface area (Å²) in [5, 5.41) is 6.02. The molecule has 0 radical (unpaired) electrons. The number of carbonyl (C=O) groups is 2. The SMILES string of the molecule is CCCCNC(=O)C1CCCN(C(=O)CNCCOC)C1. The number of unbranched alkanes of at least 4 members (excludes halogenated alkanes) is 1. The largest absolute Gasteiger partial charge is 0.383 e. The molecular weight excluding hydrogens is 270 g/mol. The van der Waals surface area contributed by atoms with E-state index in [-0.39, 0.29) is 17.7 Å². The number of rotatable bonds is 9. The molecule has 0 aromatic rings. The fraction of sp³-hybridized carbons (Fsp3) is 0.867. The molecule has 0 aromatic heterocycles. The van der Waals surface area contributed by atoms with Crippen LogP contribution in [0.3, 0.4) is 0 Å². The predicted molar refractivity (Wildman–Crippen MR) is 82.0 cm³/mol. The second-order valence-electron chi connectivity index (χ2n) is 5.49. The maximum Gasteiger partial charge on any atom is 0.236 e. The Balaban J connectivity index is 2.30. The zero-order valence-corrected chi connectivity index (χ0v) is 13.3. The van der Waals surface area contributed by atoms with Gasteiger partial charge in [0, 0.05) is 33.3 Å². The lowest BCUT2D eigenvalue weighted by atomic mass is 9.97. The van der Waals surface area contributed by atoms with Crippen molar-refractivity contribution >= 4 is 11.8 Å². The highest BCUT2D eigenvalue weighted by atomic mass is 16.5. The Labute approximate surface area is 127 Å². The Morgan fingerprint density at radius 3 is 2.86 bits per heavy atom. The van der Waals surface area contributed by atoms with Gasteiger partial charge in [0.25, 0.3) is 0 Å². The van der Waals surface area contributed by atoms with Crippen LogP contribution >= 0.6 is 0 Å². The quantitative estimate of drug-likeness (QED) is 0.604. The number of carbonyl (C=O) groups excluding carboxylic acids is 2. The van der Waals surface area contributed by atoms with E-state index in [0.29, 0.717) is 26.2 Å². The number of amides is 2. The van der Waals surface area contributed by atoms with Gasteiger partial charge in [0.15, 0.2) is 0 Å². The van der Waals surface area contributed by atoms with Crippen molar-refractivity contribution in [3.63, 3.8) is 0 Å². The van der Waals surface area contributed by atoms with E-state index in [4.69, 9.17) is 4.74 Å². The number of hydrogen-bond donors (Lipinski definition) is 2. The van der Waals surface area contributed by atoms with Crippen molar-refractivity contribution in [1.82, 2.24) is 15.5 Å². The highest BCUT2D eigenvalue weighted by Crippen LogP contribution is 2.16. The molecule has 1 atom stereocenters. The van der Waals surface area contributed by atoms with Crippen LogP contribution in [0.2, 0.25) is 0 Å². The van der Waals surface area contributed by atoms with E-state index in [1.165, 1.54) is 0 Å². The first kappa shape index (κ1) is 17.9. The van der Waals surface area contributed by atoms with Crippen molar-refractivity contribution in [2.45, 2.75) is 32.6 Å². The maximum atomic E-state index is 12.1. The zero-order valence-electron chi connectivity index (χ0n) is 13.3. The second kappa shape index (κ2) is 10.6. The second-order valence-corrected chi connectivity index (χ2v) is 5.49. The van der Waals surface area contributed by atoms with Crippen molar-refractivity contribution in [3.8, 4) is 0 Å². The number of likely N-dealkylation sites (tertiary alicyclic amines) is 1. The minimum absolute atomic E-state index is 0.0569. The normalized spacial score (nSPS) is 18.6. The molecule has 1 aliphatic heterocycles. The van der Waals surface area contributed by atoms with Gasteiger partial charge < -0.3 is 20.3 Å². The Morgan fingerprint density at radius 2 is 2.14 bits per heavy atom. The van der Waals surface area contributed by atoms with E-state index in [1.54, 1.807) is 12.0 Å². The van der Waals surface area contributed by atoms with Gasteiger partial charge in [0.2, 0.25) is 11.8 Å². The summed E-state index contributed by atoms with van der Waals surface area (Å²) in [7, 11) is 1.63. The van der Waals surface area contributed by atoms with Gasteiger partial charge in [-0.1, -0.05) is 13.3 Å². The van der Waals surface area contributed by atoms with Crippen molar-refractivity contribution in [2.24, 2.45) is 5.92 Å². The molecule has 1 fully saturated rings. The molecule has 2 N–H and O–H groups in total. The van der Waals surface area contributed by atoms with Crippen LogP contribution in [0.25, 0.3) is 0 Å². The number of piperidine rings is 1. The first-order chi connectivity index (χ1) is 10.2. The minimum atomic E-state index is -0.0569. The first-order valence-corrected chi connectivity index (χ1v) is 7.94. The van der Waals surface area contributed by atoms with E-state index < -0.39 is 0 Å². The zero-order chi connectivity index (χ0) is 15.5. The molecule has 0 spiro atoms. The summed E-state index contributed by atoms with van der Waals surface area (Å²) in [6, 6.07) is 0. The van der Waals surface area contributed by atoms with Crippen LogP contribution in [0.5, 0.6) is 0 Å². The monoisotopic (exact) mass is 299 g/mol. The molecule has 1 saturated heterocycles. The first-order valence-electron chi connectivity index (χ1n) is 7.94. The molecule has 1 aliphatic rings. The number of ether oxygens (including phenoxy) is 1. The Morgan fingerprint density at radius 1 is 1.33 bits per heavy atom. The van der Waals surface area contributed by atoms with Crippen LogP contribution in [-0.4, -0.2) is 63.2 Å². The average molecular weight is 299 g/mol. The molecule has 1 unspecified atom stereocenters. The molecule has 1 rings (SSSR count). The molecule has 0 bridgehead atoms. The van der Waals surface area contributed by atoms with Gasteiger partial charge in [-0.15, -0.1) is 0 Å². The summed E-state index contributed by atoms with van der Waals surface area (Å²) in [5.41, 5.74) is 0. The van der Waals surface area contributed by atoms with E-state index >= 15 is 0 Å². The Bertz CT molecular complexity index is 323. The van der Waals surface area contributed by atoms with Gasteiger partial charge >= 0.3 is 0 Å². The fourth-order valence-corrected chi connectivity index (χ4v) is 2.43. The Kier molecular flexibility index (Phi) is 9.01. The van der Waals surface area contributed by atoms with Crippen LogP contribution in [0.1, 0.15) is 32.6 Å². The van der Waals surface area contributed by atoms with Crippen molar-refractivity contribution < 1.29 is 14.3 Å². The summed E-state index contributed by atoms with van der Waals surface area (Å²) in [5.74, 6) is 0.101. The molecule has 1 heterocycles. The fourth-order valence-electron chi connectivity index (χ4n) is 2.43. The number of nitrogens with one attached hydrogen (secondary N) is 2. The van der Waals surface area contributed by atoms with E-state index in [9.17, 15) is 9.59 Å². The lowest BCUT2D eigenvalue weighted by Crippen LogP contribution is -2.48. The van der Waals surface area contributed by atoms with Crippen molar-refractivity contribution in [2.75, 3.05) is 46.4 Å². The van der Waals surface area contributed by atoms with Crippen LogP contribution in [-0.2, 0) is 14.3 Å². The van der Waals surface area contributed by atoms with Gasteiger partial charge in [-0.05, 0) is 19.3 Å². The predicted octanol–water partition coefficient (Wildman–Crippen LogP) is 0.377. The highest BCUT2D eigenvalue weighted by molar-refractivity contribution is 5.82. The smallest absolute Gasteiger partial charge is 0.236 e. The molecular formula is C15H29N3O3. The number of hydrogen-bond acceptors (Lipinski definition) is 4. The van der Waals surface area contributed by atoms with Gasteiger partial charge in [-0.25, -0.2) is 0 Å². The lowest BCUT2D eigenvalue weighted by Gasteiger charge is -2.32. The molecule has 2 amide bonds. The average Bonchev–Trinajstić information content (AvgIpc) is 2.51. The third-order valence-electron chi connectivity index (χ3n) is 3.73. The molecule has 6 nitrogen and oxygen atoms in total. The van der Waals surface area contributed by atoms with Gasteiger partial charge in [-0.3, -0.25) is 9.59 Å². The van der Waals surface area contributed by atoms with E-state index in [2.05, 4.69) is 17.6 Å². The number of methoxy groups -OCH3 is 1. The van der Waals surface area contributed by atoms with Crippen molar-refractivity contribution in [1.29, 1.82) is 0 Å². The van der Waals surface area contributed by atoms with Gasteiger partial charge in [-0.2, -0.15) is 0 Å². The topological polar surface area (TPSA) is 70.7 Å². The summed E-state index contributed by atoms with van der Waals surface area (Å²) in [6.07, 6.45) is 3.85. The van der Waals surface area contributed by atoms with E-state index in [0.717, 1.165) is 38.8 Å². The van der Waals surface area contributed by atoms with Crippen LogP contribution in [0.4, 0.5) is 0 Å². The molecule has 6 heteroatoms. The summed E-state index contributed by atoms with van der Waals surface area (Å²) in [4.78, 5) is 25.9. The molecule has 0 aromatic carbocycles. The standard InChI is InChI=1S/C15H29N3O3/c1-3-4-7-17-15(20)13-6-5-9-18(12-13)14(19)11-16-8-10-21-2/h13,16H,3-12H2,1-2H3,(H,17,20). The van der Waals surface area contributed by atoms with Crippen LogP contribution < -0.4 is 10.6 Å². The lowest BCUT2D eigenvalue weighted by molar-refractivity contribution is -0.135. The third-order valence-corrected chi connectivity index (χ3v) is 3.73. The maximum absolute atomic E-state index is 12.1. The summed E-state index contributed by atoms with van der Waals surface area (Å²) >= 11 is 0. The summed E-state index contributed by atoms with van der Waals surface area (Å²) < 4.78 is 4.92. The summed E-state index contributed by atoms with van der Waals surface area (Å²) in [6.45, 7) is 5.70.